The molecule has 0 rings (SSSR count). The van der Waals surface area contributed by atoms with Crippen molar-refractivity contribution in [3.8, 4) is 0 Å². The van der Waals surface area contributed by atoms with Gasteiger partial charge in [0, 0.05) is 0 Å². The highest BCUT2D eigenvalue weighted by Crippen LogP contribution is 2.04. The number of carbonyl (C=O) groups is 1. The summed E-state index contributed by atoms with van der Waals surface area (Å²) < 4.78 is 27.6. The molecule has 0 amide bonds. The molecule has 0 aromatic heterocycles. The second kappa shape index (κ2) is 5.88. The van der Waals surface area contributed by atoms with Crippen LogP contribution >= 0.6 is 0 Å². The molecule has 1 N–H and O–H groups in total. The van der Waals surface area contributed by atoms with E-state index in [0.29, 0.717) is 6.42 Å². The zero-order valence-corrected chi connectivity index (χ0v) is 6.80. The van der Waals surface area contributed by atoms with Crippen molar-refractivity contribution in [1.29, 1.82) is 0 Å². The number of hydrogen-bond acceptors (Lipinski definition) is 2. The number of carboxylic acid groups (broad SMARTS) is 1. The first-order valence-corrected chi connectivity index (χ1v) is 3.70. The second-order valence-corrected chi connectivity index (χ2v) is 2.34. The second-order valence-electron chi connectivity index (χ2n) is 2.34. The van der Waals surface area contributed by atoms with E-state index in [1.54, 1.807) is 6.92 Å². The van der Waals surface area contributed by atoms with Crippen LogP contribution in [0.25, 0.3) is 0 Å². The summed E-state index contributed by atoms with van der Waals surface area (Å²) in [4.78, 5) is 10.3. The molecule has 0 saturated heterocycles. The van der Waals surface area contributed by atoms with E-state index in [2.05, 4.69) is 4.74 Å². The molecule has 0 aromatic carbocycles. The van der Waals surface area contributed by atoms with E-state index in [-0.39, 0.29) is 6.42 Å². The largest absolute Gasteiger partial charge is 0.479 e. The topological polar surface area (TPSA) is 46.5 Å². The van der Waals surface area contributed by atoms with Crippen molar-refractivity contribution in [2.75, 3.05) is 6.61 Å². The fourth-order valence-electron chi connectivity index (χ4n) is 0.729. The Kier molecular flexibility index (Phi) is 5.53. The lowest BCUT2D eigenvalue weighted by atomic mass is 10.2. The van der Waals surface area contributed by atoms with E-state index in [1.807, 2.05) is 0 Å². The molecule has 0 aliphatic carbocycles. The highest BCUT2D eigenvalue weighted by atomic mass is 19.3. The fourth-order valence-corrected chi connectivity index (χ4v) is 0.729. The molecule has 0 aromatic rings. The van der Waals surface area contributed by atoms with Gasteiger partial charge in [0.25, 0.3) is 6.43 Å². The van der Waals surface area contributed by atoms with Crippen LogP contribution in [0.3, 0.4) is 0 Å². The highest BCUT2D eigenvalue weighted by Gasteiger charge is 2.18. The average molecular weight is 182 g/mol. The zero-order chi connectivity index (χ0) is 9.56. The first kappa shape index (κ1) is 11.3. The van der Waals surface area contributed by atoms with E-state index in [4.69, 9.17) is 5.11 Å². The summed E-state index contributed by atoms with van der Waals surface area (Å²) in [5.41, 5.74) is 0. The summed E-state index contributed by atoms with van der Waals surface area (Å²) in [5, 5.41) is 8.45. The molecule has 0 bridgehead atoms. The minimum Gasteiger partial charge on any atom is -0.479 e. The van der Waals surface area contributed by atoms with Crippen LogP contribution in [0, 0.1) is 0 Å². The first-order valence-electron chi connectivity index (χ1n) is 3.70. The third-order valence-electron chi connectivity index (χ3n) is 1.25. The lowest BCUT2D eigenvalue weighted by molar-refractivity contribution is -0.153. The molecule has 0 aliphatic rings. The maximum absolute atomic E-state index is 11.6. The first-order chi connectivity index (χ1) is 5.57. The standard InChI is InChI=1S/C7H12F2O3/c1-2-3-5(7(10)11)12-4-6(8)9/h5-6H,2-4H2,1H3,(H,10,11). The molecule has 0 aliphatic heterocycles. The molecule has 0 heterocycles. The van der Waals surface area contributed by atoms with Crippen LogP contribution in [0.2, 0.25) is 0 Å². The van der Waals surface area contributed by atoms with E-state index >= 15 is 0 Å². The van der Waals surface area contributed by atoms with E-state index < -0.39 is 25.1 Å². The van der Waals surface area contributed by atoms with Gasteiger partial charge in [-0.05, 0) is 6.42 Å². The Bertz CT molecular complexity index is 139. The van der Waals surface area contributed by atoms with Crippen molar-refractivity contribution in [1.82, 2.24) is 0 Å². The number of halogens is 2. The summed E-state index contributed by atoms with van der Waals surface area (Å²) in [7, 11) is 0. The molecule has 0 radical (unpaired) electrons. The lowest BCUT2D eigenvalue weighted by Gasteiger charge is -2.11. The Morgan fingerprint density at radius 1 is 1.58 bits per heavy atom. The van der Waals surface area contributed by atoms with Gasteiger partial charge in [0.2, 0.25) is 0 Å². The molecule has 5 heteroatoms. The van der Waals surface area contributed by atoms with Gasteiger partial charge in [-0.1, -0.05) is 13.3 Å². The smallest absolute Gasteiger partial charge is 0.332 e. The van der Waals surface area contributed by atoms with Crippen LogP contribution in [0.1, 0.15) is 19.8 Å². The SMILES string of the molecule is CCCC(OCC(F)F)C(=O)O. The number of ether oxygens (including phenoxy) is 1. The van der Waals surface area contributed by atoms with Crippen LogP contribution in [0.4, 0.5) is 8.78 Å². The molecular weight excluding hydrogens is 170 g/mol. The predicted molar refractivity (Wildman–Crippen MR) is 38.3 cm³/mol. The van der Waals surface area contributed by atoms with Crippen LogP contribution in [0.15, 0.2) is 0 Å². The number of rotatable bonds is 6. The molecule has 1 atom stereocenters. The van der Waals surface area contributed by atoms with Crippen LogP contribution in [-0.2, 0) is 9.53 Å². The average Bonchev–Trinajstić information content (AvgIpc) is 1.96. The normalized spacial score (nSPS) is 13.3. The van der Waals surface area contributed by atoms with Gasteiger partial charge in [-0.3, -0.25) is 0 Å². The third-order valence-corrected chi connectivity index (χ3v) is 1.25. The van der Waals surface area contributed by atoms with Gasteiger partial charge in [-0.15, -0.1) is 0 Å². The summed E-state index contributed by atoms with van der Waals surface area (Å²) in [6.45, 7) is 0.957. The number of carboxylic acids is 1. The van der Waals surface area contributed by atoms with Crippen LogP contribution in [-0.4, -0.2) is 30.2 Å². The van der Waals surface area contributed by atoms with Crippen molar-refractivity contribution < 1.29 is 23.4 Å². The lowest BCUT2D eigenvalue weighted by Crippen LogP contribution is -2.25. The molecule has 0 fully saturated rings. The molecule has 0 saturated carbocycles. The van der Waals surface area contributed by atoms with E-state index in [1.165, 1.54) is 0 Å². The van der Waals surface area contributed by atoms with Crippen molar-refractivity contribution in [2.24, 2.45) is 0 Å². The zero-order valence-electron chi connectivity index (χ0n) is 6.80. The van der Waals surface area contributed by atoms with Gasteiger partial charge < -0.3 is 9.84 Å². The molecule has 0 spiro atoms. The molecule has 1 unspecified atom stereocenters. The van der Waals surface area contributed by atoms with Gasteiger partial charge >= 0.3 is 5.97 Å². The Morgan fingerprint density at radius 3 is 2.50 bits per heavy atom. The Balaban J connectivity index is 3.71. The minimum absolute atomic E-state index is 0.266. The summed E-state index contributed by atoms with van der Waals surface area (Å²) in [5.74, 6) is -1.18. The van der Waals surface area contributed by atoms with Gasteiger partial charge in [-0.2, -0.15) is 0 Å². The van der Waals surface area contributed by atoms with Crippen molar-refractivity contribution in [2.45, 2.75) is 32.3 Å². The monoisotopic (exact) mass is 182 g/mol. The third kappa shape index (κ3) is 5.01. The Morgan fingerprint density at radius 2 is 2.17 bits per heavy atom. The van der Waals surface area contributed by atoms with Gasteiger partial charge in [0.05, 0.1) is 0 Å². The number of alkyl halides is 2. The van der Waals surface area contributed by atoms with Gasteiger partial charge in [0.15, 0.2) is 6.10 Å². The highest BCUT2D eigenvalue weighted by molar-refractivity contribution is 5.72. The van der Waals surface area contributed by atoms with Crippen molar-refractivity contribution >= 4 is 5.97 Å². The van der Waals surface area contributed by atoms with Crippen LogP contribution < -0.4 is 0 Å². The van der Waals surface area contributed by atoms with E-state index in [9.17, 15) is 13.6 Å². The summed E-state index contributed by atoms with van der Waals surface area (Å²) in [6, 6.07) is 0. The van der Waals surface area contributed by atoms with Crippen LogP contribution in [0.5, 0.6) is 0 Å². The van der Waals surface area contributed by atoms with Gasteiger partial charge in [-0.25, -0.2) is 13.6 Å². The minimum atomic E-state index is -2.61. The summed E-state index contributed by atoms with van der Waals surface area (Å²) in [6.07, 6.45) is -2.84. The number of aliphatic carboxylic acids is 1. The maximum Gasteiger partial charge on any atom is 0.332 e. The maximum atomic E-state index is 11.6. The van der Waals surface area contributed by atoms with E-state index in [0.717, 1.165) is 0 Å². The van der Waals surface area contributed by atoms with Gasteiger partial charge in [0.1, 0.15) is 6.61 Å². The molecule has 72 valence electrons. The molecule has 3 nitrogen and oxygen atoms in total. The summed E-state index contributed by atoms with van der Waals surface area (Å²) >= 11 is 0. The van der Waals surface area contributed by atoms with Crippen molar-refractivity contribution in [3.63, 3.8) is 0 Å². The Hall–Kier alpha value is -0.710. The Labute approximate surface area is 69.3 Å². The quantitative estimate of drug-likeness (QED) is 0.677. The molecule has 12 heavy (non-hydrogen) atoms. The van der Waals surface area contributed by atoms with Crippen molar-refractivity contribution in [3.05, 3.63) is 0 Å². The number of hydrogen-bond donors (Lipinski definition) is 1. The predicted octanol–water partition coefficient (Wildman–Crippen LogP) is 1.52. The molecular formula is C7H12F2O3. The fraction of sp³-hybridized carbons (Fsp3) is 0.857.